The fourth-order valence-corrected chi connectivity index (χ4v) is 1.79. The predicted molar refractivity (Wildman–Crippen MR) is 56.2 cm³/mol. The van der Waals surface area contributed by atoms with Crippen LogP contribution < -0.4 is 4.74 Å². The monoisotopic (exact) mass is 195 g/mol. The highest BCUT2D eigenvalue weighted by Crippen LogP contribution is 2.23. The molecule has 0 saturated carbocycles. The molecule has 0 aliphatic carbocycles. The Hall–Kier alpha value is -0.670. The minimum absolute atomic E-state index is 0.692. The number of fused-ring (bicyclic) bond motifs is 1. The number of hydrogen-bond acceptors (Lipinski definition) is 3. The second-order valence-corrected chi connectivity index (χ2v) is 3.60. The van der Waals surface area contributed by atoms with Crippen LogP contribution in [0.3, 0.4) is 0 Å². The van der Waals surface area contributed by atoms with E-state index in [-0.39, 0.29) is 0 Å². The van der Waals surface area contributed by atoms with Crippen molar-refractivity contribution in [1.82, 2.24) is 4.90 Å². The van der Waals surface area contributed by atoms with Gasteiger partial charge in [0, 0.05) is 24.4 Å². The van der Waals surface area contributed by atoms with E-state index in [9.17, 15) is 0 Å². The van der Waals surface area contributed by atoms with Crippen molar-refractivity contribution in [3.05, 3.63) is 29.8 Å². The van der Waals surface area contributed by atoms with Gasteiger partial charge in [-0.2, -0.15) is 12.6 Å². The molecule has 0 radical (unpaired) electrons. The molecule has 1 aromatic rings. The highest BCUT2D eigenvalue weighted by atomic mass is 32.1. The molecule has 0 saturated heterocycles. The summed E-state index contributed by atoms with van der Waals surface area (Å²) < 4.78 is 5.58. The second-order valence-electron chi connectivity index (χ2n) is 3.16. The number of hydrogen-bond donors (Lipinski definition) is 1. The van der Waals surface area contributed by atoms with Crippen LogP contribution in [0.2, 0.25) is 0 Å². The summed E-state index contributed by atoms with van der Waals surface area (Å²) >= 11 is 4.20. The first kappa shape index (κ1) is 8.91. The number of thiol groups is 1. The van der Waals surface area contributed by atoms with Gasteiger partial charge in [-0.15, -0.1) is 0 Å². The molecule has 0 spiro atoms. The first-order valence-electron chi connectivity index (χ1n) is 4.44. The molecule has 13 heavy (non-hydrogen) atoms. The summed E-state index contributed by atoms with van der Waals surface area (Å²) in [6.45, 7) is 2.66. The van der Waals surface area contributed by atoms with Crippen LogP contribution in [-0.4, -0.2) is 23.9 Å². The molecule has 1 aromatic carbocycles. The Morgan fingerprint density at radius 3 is 3.08 bits per heavy atom. The van der Waals surface area contributed by atoms with Crippen LogP contribution in [0.4, 0.5) is 0 Å². The van der Waals surface area contributed by atoms with Crippen LogP contribution >= 0.6 is 12.6 Å². The Balaban J connectivity index is 2.11. The first-order valence-corrected chi connectivity index (χ1v) is 5.07. The van der Waals surface area contributed by atoms with Gasteiger partial charge in [0.2, 0.25) is 0 Å². The third-order valence-electron chi connectivity index (χ3n) is 2.19. The molecule has 2 rings (SSSR count). The average molecular weight is 195 g/mol. The predicted octanol–water partition coefficient (Wildman–Crippen LogP) is 1.77. The molecule has 2 nitrogen and oxygen atoms in total. The van der Waals surface area contributed by atoms with E-state index < -0.39 is 0 Å². The summed E-state index contributed by atoms with van der Waals surface area (Å²) in [5.41, 5.74) is 1.27. The minimum atomic E-state index is 0.692. The Bertz CT molecular complexity index is 290. The smallest absolute Gasteiger partial charge is 0.142 e. The molecular formula is C10H13NOS. The van der Waals surface area contributed by atoms with E-state index in [1.54, 1.807) is 0 Å². The van der Waals surface area contributed by atoms with Crippen molar-refractivity contribution in [2.24, 2.45) is 0 Å². The van der Waals surface area contributed by atoms with E-state index >= 15 is 0 Å². The molecule has 1 aliphatic rings. The van der Waals surface area contributed by atoms with Gasteiger partial charge in [-0.25, -0.2) is 0 Å². The van der Waals surface area contributed by atoms with Gasteiger partial charge in [0.1, 0.15) is 12.5 Å². The molecule has 1 aliphatic heterocycles. The van der Waals surface area contributed by atoms with E-state index in [1.807, 2.05) is 18.2 Å². The second kappa shape index (κ2) is 4.03. The van der Waals surface area contributed by atoms with Crippen molar-refractivity contribution >= 4 is 12.6 Å². The van der Waals surface area contributed by atoms with Crippen molar-refractivity contribution in [2.75, 3.05) is 19.0 Å². The highest BCUT2D eigenvalue weighted by Gasteiger charge is 2.14. The lowest BCUT2D eigenvalue weighted by Gasteiger charge is -2.28. The molecule has 1 heterocycles. The van der Waals surface area contributed by atoms with E-state index in [1.165, 1.54) is 5.56 Å². The van der Waals surface area contributed by atoms with Gasteiger partial charge in [0.05, 0.1) is 0 Å². The van der Waals surface area contributed by atoms with Crippen molar-refractivity contribution < 1.29 is 4.74 Å². The molecule has 0 atom stereocenters. The van der Waals surface area contributed by atoms with Gasteiger partial charge in [-0.1, -0.05) is 18.2 Å². The van der Waals surface area contributed by atoms with Gasteiger partial charge >= 0.3 is 0 Å². The van der Waals surface area contributed by atoms with Crippen molar-refractivity contribution in [3.8, 4) is 5.75 Å². The van der Waals surface area contributed by atoms with Gasteiger partial charge in [-0.05, 0) is 6.07 Å². The van der Waals surface area contributed by atoms with Crippen molar-refractivity contribution in [3.63, 3.8) is 0 Å². The molecular weight excluding hydrogens is 182 g/mol. The minimum Gasteiger partial charge on any atom is -0.478 e. The van der Waals surface area contributed by atoms with Gasteiger partial charge in [0.15, 0.2) is 0 Å². The lowest BCUT2D eigenvalue weighted by molar-refractivity contribution is 0.102. The summed E-state index contributed by atoms with van der Waals surface area (Å²) in [4.78, 5) is 2.25. The Morgan fingerprint density at radius 1 is 1.38 bits per heavy atom. The van der Waals surface area contributed by atoms with E-state index in [0.717, 1.165) is 24.6 Å². The standard InChI is InChI=1S/C10H13NOS/c13-6-5-11-7-9-3-1-2-4-10(9)12-8-11/h1-4,13H,5-8H2. The molecule has 0 fully saturated rings. The van der Waals surface area contributed by atoms with Gasteiger partial charge < -0.3 is 4.74 Å². The molecule has 0 bridgehead atoms. The van der Waals surface area contributed by atoms with Crippen LogP contribution in [0.5, 0.6) is 5.75 Å². The zero-order valence-electron chi connectivity index (χ0n) is 7.44. The summed E-state index contributed by atoms with van der Waals surface area (Å²) in [5.74, 6) is 1.91. The van der Waals surface area contributed by atoms with Crippen molar-refractivity contribution in [1.29, 1.82) is 0 Å². The molecule has 0 unspecified atom stereocenters. The SMILES string of the molecule is SCCN1COc2ccccc2C1. The maximum atomic E-state index is 5.58. The summed E-state index contributed by atoms with van der Waals surface area (Å²) in [7, 11) is 0. The highest BCUT2D eigenvalue weighted by molar-refractivity contribution is 7.80. The normalized spacial score (nSPS) is 16.4. The number of ether oxygens (including phenoxy) is 1. The average Bonchev–Trinajstić information content (AvgIpc) is 2.18. The van der Waals surface area contributed by atoms with Crippen molar-refractivity contribution in [2.45, 2.75) is 6.54 Å². The first-order chi connectivity index (χ1) is 6.40. The third kappa shape index (κ3) is 1.98. The molecule has 3 heteroatoms. The van der Waals surface area contributed by atoms with E-state index in [0.29, 0.717) is 6.73 Å². The number of benzene rings is 1. The Morgan fingerprint density at radius 2 is 2.23 bits per heavy atom. The zero-order chi connectivity index (χ0) is 9.10. The van der Waals surface area contributed by atoms with E-state index in [4.69, 9.17) is 4.74 Å². The lowest BCUT2D eigenvalue weighted by Crippen LogP contribution is -2.33. The fraction of sp³-hybridized carbons (Fsp3) is 0.400. The van der Waals surface area contributed by atoms with Crippen LogP contribution in [-0.2, 0) is 6.54 Å². The molecule has 0 amide bonds. The van der Waals surface area contributed by atoms with Crippen LogP contribution in [0.1, 0.15) is 5.56 Å². The van der Waals surface area contributed by atoms with Crippen LogP contribution in [0, 0.1) is 0 Å². The van der Waals surface area contributed by atoms with Gasteiger partial charge in [0.25, 0.3) is 0 Å². The number of nitrogens with zero attached hydrogens (tertiary/aromatic N) is 1. The summed E-state index contributed by atoms with van der Waals surface area (Å²) in [6, 6.07) is 8.19. The maximum absolute atomic E-state index is 5.58. The summed E-state index contributed by atoms with van der Waals surface area (Å²) in [6.07, 6.45) is 0. The maximum Gasteiger partial charge on any atom is 0.142 e. The Kier molecular flexibility index (Phi) is 2.76. The fourth-order valence-electron chi connectivity index (χ4n) is 1.51. The topological polar surface area (TPSA) is 12.5 Å². The largest absolute Gasteiger partial charge is 0.478 e. The molecule has 70 valence electrons. The third-order valence-corrected chi connectivity index (χ3v) is 2.39. The van der Waals surface area contributed by atoms with E-state index in [2.05, 4.69) is 23.6 Å². The van der Waals surface area contributed by atoms with Crippen LogP contribution in [0.25, 0.3) is 0 Å². The van der Waals surface area contributed by atoms with Crippen LogP contribution in [0.15, 0.2) is 24.3 Å². The zero-order valence-corrected chi connectivity index (χ0v) is 8.33. The lowest BCUT2D eigenvalue weighted by atomic mass is 10.2. The molecule has 0 aromatic heterocycles. The van der Waals surface area contributed by atoms with Gasteiger partial charge in [-0.3, -0.25) is 4.90 Å². The summed E-state index contributed by atoms with van der Waals surface area (Å²) in [5, 5.41) is 0. The number of para-hydroxylation sites is 1. The molecule has 0 N–H and O–H groups in total. The quantitative estimate of drug-likeness (QED) is 0.722. The Labute approximate surface area is 83.9 Å². The number of rotatable bonds is 2.